The van der Waals surface area contributed by atoms with Gasteiger partial charge in [-0.2, -0.15) is 5.10 Å². The van der Waals surface area contributed by atoms with Crippen LogP contribution in [0.3, 0.4) is 0 Å². The number of aryl methyl sites for hydroxylation is 1. The highest BCUT2D eigenvalue weighted by molar-refractivity contribution is 7.94. The van der Waals surface area contributed by atoms with Crippen molar-refractivity contribution in [1.82, 2.24) is 24.9 Å². The number of pyridine rings is 2. The summed E-state index contributed by atoms with van der Waals surface area (Å²) in [4.78, 5) is 32.7. The minimum absolute atomic E-state index is 0.0672. The fraction of sp³-hybridized carbons (Fsp3) is 0.455. The van der Waals surface area contributed by atoms with E-state index in [0.717, 1.165) is 18.1 Å². The molecule has 0 radical (unpaired) electrons. The first-order chi connectivity index (χ1) is 23.1. The van der Waals surface area contributed by atoms with Gasteiger partial charge in [0.1, 0.15) is 31.4 Å². The predicted octanol–water partition coefficient (Wildman–Crippen LogP) is 6.17. The number of hydrogen-bond acceptors (Lipinski definition) is 11. The molecule has 0 fully saturated rings. The lowest BCUT2D eigenvalue weighted by molar-refractivity contribution is -0.118. The molecule has 51 heavy (non-hydrogen) atoms. The first-order valence-electron chi connectivity index (χ1n) is 15.5. The topological polar surface area (TPSA) is 196 Å². The summed E-state index contributed by atoms with van der Waals surface area (Å²) < 4.78 is 54.6. The van der Waals surface area contributed by atoms with Crippen molar-refractivity contribution in [2.45, 2.75) is 99.4 Å². The Morgan fingerprint density at radius 2 is 1.16 bits per heavy atom. The Morgan fingerprint density at radius 3 is 1.51 bits per heavy atom. The fourth-order valence-electron chi connectivity index (χ4n) is 4.05. The van der Waals surface area contributed by atoms with E-state index in [9.17, 15) is 26.4 Å². The quantitative estimate of drug-likeness (QED) is 0.194. The van der Waals surface area contributed by atoms with Gasteiger partial charge >= 0.3 is 0 Å². The average Bonchev–Trinajstić information content (AvgIpc) is 3.64. The van der Waals surface area contributed by atoms with E-state index in [0.29, 0.717) is 11.6 Å². The second-order valence-electron chi connectivity index (χ2n) is 14.7. The molecule has 14 nitrogen and oxygen atoms in total. The van der Waals surface area contributed by atoms with Gasteiger partial charge in [0.2, 0.25) is 11.8 Å². The zero-order valence-corrected chi connectivity index (χ0v) is 33.4. The van der Waals surface area contributed by atoms with Gasteiger partial charge in [0.15, 0.2) is 25.5 Å². The molecule has 0 saturated carbocycles. The second kappa shape index (κ2) is 14.6. The number of sulfone groups is 2. The highest BCUT2D eigenvalue weighted by Gasteiger charge is 2.44. The van der Waals surface area contributed by atoms with Crippen LogP contribution in [0.5, 0.6) is 0 Å². The second-order valence-corrected chi connectivity index (χ2v) is 20.5. The third-order valence-corrected chi connectivity index (χ3v) is 13.1. The van der Waals surface area contributed by atoms with Gasteiger partial charge in [-0.15, -0.1) is 0 Å². The minimum atomic E-state index is -3.99. The van der Waals surface area contributed by atoms with Gasteiger partial charge in [0.05, 0.1) is 15.5 Å². The van der Waals surface area contributed by atoms with Crippen molar-refractivity contribution >= 4 is 66.3 Å². The van der Waals surface area contributed by atoms with Crippen LogP contribution in [0.25, 0.3) is 0 Å². The molecule has 0 saturated heterocycles. The maximum atomic E-state index is 12.9. The molecule has 0 aliphatic rings. The van der Waals surface area contributed by atoms with Gasteiger partial charge < -0.3 is 15.2 Å². The van der Waals surface area contributed by atoms with Crippen LogP contribution in [-0.4, -0.2) is 63.0 Å². The molecule has 4 aromatic rings. The van der Waals surface area contributed by atoms with Crippen LogP contribution in [0.15, 0.2) is 63.1 Å². The molecule has 18 heteroatoms. The molecule has 2 N–H and O–H groups in total. The van der Waals surface area contributed by atoms with Crippen molar-refractivity contribution in [3.8, 4) is 0 Å². The van der Waals surface area contributed by atoms with E-state index < -0.39 is 41.0 Å². The standard InChI is InChI=1S/C17H23ClN4O3S.C16H20ClN3O4S/c1-16(2,3)12-9-14(22(6)21-12)20-15(23)17(4,5)26(24,25)11-7-8-13(18)19-10-11;1-15(2,3)11-8-13(20-24-11)19-14(21)16(4,5)25(22,23)10-6-7-12(17)18-9-10/h7-10H,1-6H3,(H,20,23);6-9H,1-5H3,(H,19,20,21). The van der Waals surface area contributed by atoms with Crippen molar-refractivity contribution < 1.29 is 30.9 Å². The van der Waals surface area contributed by atoms with Gasteiger partial charge in [-0.25, -0.2) is 26.8 Å². The highest BCUT2D eigenvalue weighted by Crippen LogP contribution is 2.30. The highest BCUT2D eigenvalue weighted by atomic mass is 35.5. The van der Waals surface area contributed by atoms with Crippen LogP contribution >= 0.6 is 23.2 Å². The molecule has 0 atom stereocenters. The molecule has 4 aromatic heterocycles. The van der Waals surface area contributed by atoms with Crippen molar-refractivity contribution in [3.63, 3.8) is 0 Å². The largest absolute Gasteiger partial charge is 0.359 e. The van der Waals surface area contributed by atoms with E-state index in [-0.39, 0.29) is 36.7 Å². The summed E-state index contributed by atoms with van der Waals surface area (Å²) in [5.41, 5.74) is 0.307. The van der Waals surface area contributed by atoms with Gasteiger partial charge in [-0.1, -0.05) is 69.9 Å². The third kappa shape index (κ3) is 9.15. The summed E-state index contributed by atoms with van der Waals surface area (Å²) in [6.45, 7) is 17.1. The Morgan fingerprint density at radius 1 is 0.706 bits per heavy atom. The maximum absolute atomic E-state index is 12.9. The molecule has 0 aliphatic carbocycles. The molecule has 0 unspecified atom stereocenters. The van der Waals surface area contributed by atoms with E-state index in [4.69, 9.17) is 27.7 Å². The number of amides is 2. The van der Waals surface area contributed by atoms with Gasteiger partial charge in [-0.05, 0) is 52.0 Å². The van der Waals surface area contributed by atoms with E-state index in [2.05, 4.69) is 30.9 Å². The van der Waals surface area contributed by atoms with Crippen LogP contribution < -0.4 is 10.6 Å². The molecular formula is C33H43Cl2N7O7S2. The van der Waals surface area contributed by atoms with Gasteiger partial charge in [-0.3, -0.25) is 14.3 Å². The predicted molar refractivity (Wildman–Crippen MR) is 195 cm³/mol. The van der Waals surface area contributed by atoms with E-state index >= 15 is 0 Å². The molecule has 4 heterocycles. The van der Waals surface area contributed by atoms with E-state index in [1.165, 1.54) is 56.6 Å². The van der Waals surface area contributed by atoms with Crippen LogP contribution in [0.2, 0.25) is 10.3 Å². The smallest absolute Gasteiger partial charge is 0.246 e. The first-order valence-corrected chi connectivity index (χ1v) is 19.2. The average molecular weight is 785 g/mol. The minimum Gasteiger partial charge on any atom is -0.359 e. The summed E-state index contributed by atoms with van der Waals surface area (Å²) in [7, 11) is -6.27. The van der Waals surface area contributed by atoms with Crippen molar-refractivity contribution in [1.29, 1.82) is 0 Å². The molecule has 4 rings (SSSR count). The summed E-state index contributed by atoms with van der Waals surface area (Å²) in [5.74, 6) is -0.220. The summed E-state index contributed by atoms with van der Waals surface area (Å²) in [6, 6.07) is 8.69. The number of hydrogen-bond donors (Lipinski definition) is 2. The first kappa shape index (κ1) is 41.6. The van der Waals surface area contributed by atoms with Crippen molar-refractivity contribution in [2.24, 2.45) is 7.05 Å². The van der Waals surface area contributed by atoms with Crippen LogP contribution in [0.1, 0.15) is 80.7 Å². The lowest BCUT2D eigenvalue weighted by atomic mass is 9.92. The number of nitrogens with one attached hydrogen (secondary N) is 2. The van der Waals surface area contributed by atoms with Gasteiger partial charge in [0.25, 0.3) is 0 Å². The number of rotatable bonds is 8. The monoisotopic (exact) mass is 783 g/mol. The normalized spacial score (nSPS) is 12.9. The Kier molecular flexibility index (Phi) is 11.9. The molecular weight excluding hydrogens is 741 g/mol. The van der Waals surface area contributed by atoms with E-state index in [1.54, 1.807) is 19.2 Å². The summed E-state index contributed by atoms with van der Waals surface area (Å²) in [5, 5.41) is 13.6. The Bertz CT molecular complexity index is 2110. The molecule has 2 amide bonds. The lowest BCUT2D eigenvalue weighted by Crippen LogP contribution is -2.44. The number of nitrogens with zero attached hydrogens (tertiary/aromatic N) is 5. The molecule has 0 aromatic carbocycles. The van der Waals surface area contributed by atoms with Crippen LogP contribution in [0.4, 0.5) is 11.6 Å². The van der Waals surface area contributed by atoms with Crippen molar-refractivity contribution in [3.05, 3.63) is 70.6 Å². The maximum Gasteiger partial charge on any atom is 0.246 e. The zero-order valence-electron chi connectivity index (χ0n) is 30.3. The van der Waals surface area contributed by atoms with E-state index in [1.807, 2.05) is 41.5 Å². The SMILES string of the molecule is CC(C)(C)c1cc(NC(=O)C(C)(C)S(=O)(=O)c2ccc(Cl)nc2)no1.Cn1nc(C(C)(C)C)cc1NC(=O)C(C)(C)S(=O)(=O)c1ccc(Cl)nc1. The van der Waals surface area contributed by atoms with Gasteiger partial charge in [0, 0.05) is 42.4 Å². The number of anilines is 2. The van der Waals surface area contributed by atoms with Crippen LogP contribution in [-0.2, 0) is 47.1 Å². The third-order valence-electron chi connectivity index (χ3n) is 7.84. The summed E-state index contributed by atoms with van der Waals surface area (Å²) >= 11 is 11.4. The Balaban J connectivity index is 0.000000276. The number of aromatic nitrogens is 5. The lowest BCUT2D eigenvalue weighted by Gasteiger charge is -2.23. The number of carbonyl (C=O) groups excluding carboxylic acids is 2. The molecule has 0 spiro atoms. The molecule has 0 bridgehead atoms. The fourth-order valence-corrected chi connectivity index (χ4v) is 6.92. The molecule has 278 valence electrons. The Hall–Kier alpha value is -3.86. The number of halogens is 2. The van der Waals surface area contributed by atoms with Crippen LogP contribution in [0, 0.1) is 0 Å². The Labute approximate surface area is 308 Å². The van der Waals surface area contributed by atoms with Crippen molar-refractivity contribution in [2.75, 3.05) is 10.6 Å². The summed E-state index contributed by atoms with van der Waals surface area (Å²) in [6.07, 6.45) is 2.27. The number of carbonyl (C=O) groups is 2. The zero-order chi connectivity index (χ0) is 39.0. The molecule has 0 aliphatic heterocycles.